The van der Waals surface area contributed by atoms with Crippen molar-refractivity contribution in [2.24, 2.45) is 0 Å². The van der Waals surface area contributed by atoms with Gasteiger partial charge in [0.1, 0.15) is 0 Å². The summed E-state index contributed by atoms with van der Waals surface area (Å²) < 4.78 is 0.975. The molecule has 21 heavy (non-hydrogen) atoms. The molecule has 2 aromatic rings. The molecule has 0 spiro atoms. The predicted octanol–water partition coefficient (Wildman–Crippen LogP) is 2.95. The number of ketones is 1. The normalized spacial score (nSPS) is 10.4. The van der Waals surface area contributed by atoms with E-state index in [9.17, 15) is 19.7 Å². The van der Waals surface area contributed by atoms with Gasteiger partial charge in [0, 0.05) is 17.7 Å². The van der Waals surface area contributed by atoms with Gasteiger partial charge in [-0.15, -0.1) is 0 Å². The minimum Gasteiger partial charge on any atom is -0.301 e. The Bertz CT molecular complexity index is 786. The molecule has 1 heterocycles. The first-order chi connectivity index (χ1) is 9.88. The zero-order valence-corrected chi connectivity index (χ0v) is 12.0. The number of hydrogen-bond acceptors (Lipinski definition) is 4. The van der Waals surface area contributed by atoms with Gasteiger partial charge in [-0.3, -0.25) is 19.7 Å². The topological polar surface area (TPSA) is 82.2 Å². The Morgan fingerprint density at radius 2 is 1.90 bits per heavy atom. The van der Waals surface area contributed by atoms with Gasteiger partial charge in [0.05, 0.1) is 27.7 Å². The average molecular weight is 327 g/mol. The summed E-state index contributed by atoms with van der Waals surface area (Å²) in [6, 6.07) is 6.45. The van der Waals surface area contributed by atoms with Gasteiger partial charge in [-0.1, -0.05) is 23.2 Å². The Kier molecular flexibility index (Phi) is 4.40. The smallest absolute Gasteiger partial charge is 0.285 e. The summed E-state index contributed by atoms with van der Waals surface area (Å²) in [6.07, 6.45) is 1.03. The molecule has 0 aliphatic heterocycles. The van der Waals surface area contributed by atoms with E-state index in [0.717, 1.165) is 22.9 Å². The number of benzene rings is 1. The number of hydrogen-bond donors (Lipinski definition) is 0. The summed E-state index contributed by atoms with van der Waals surface area (Å²) in [5.74, 6) is -0.406. The molecular formula is C13H8Cl2N2O4. The number of halogens is 2. The molecule has 0 saturated heterocycles. The first kappa shape index (κ1) is 15.2. The second kappa shape index (κ2) is 6.07. The van der Waals surface area contributed by atoms with Crippen molar-refractivity contribution in [3.8, 4) is 0 Å². The lowest BCUT2D eigenvalue weighted by Gasteiger charge is -2.05. The van der Waals surface area contributed by atoms with Crippen LogP contribution < -0.4 is 5.56 Å². The van der Waals surface area contributed by atoms with Gasteiger partial charge < -0.3 is 4.57 Å². The van der Waals surface area contributed by atoms with E-state index in [1.54, 1.807) is 0 Å². The van der Waals surface area contributed by atoms with E-state index in [0.29, 0.717) is 5.02 Å². The SMILES string of the molecule is O=C(Cn1cc([N+](=O)[O-])ccc1=O)c1ccc(Cl)c(Cl)c1. The van der Waals surface area contributed by atoms with Gasteiger partial charge in [-0.05, 0) is 18.2 Å². The van der Waals surface area contributed by atoms with Crippen molar-refractivity contribution in [3.63, 3.8) is 0 Å². The summed E-state index contributed by atoms with van der Waals surface area (Å²) in [4.78, 5) is 33.7. The molecule has 0 saturated carbocycles. The number of carbonyl (C=O) groups excluding carboxylic acids is 1. The fourth-order valence-corrected chi connectivity index (χ4v) is 1.96. The number of carbonyl (C=O) groups is 1. The zero-order valence-electron chi connectivity index (χ0n) is 10.5. The van der Waals surface area contributed by atoms with Crippen LogP contribution in [0.3, 0.4) is 0 Å². The van der Waals surface area contributed by atoms with Crippen LogP contribution in [0.25, 0.3) is 0 Å². The zero-order chi connectivity index (χ0) is 15.6. The maximum atomic E-state index is 12.1. The largest absolute Gasteiger partial charge is 0.301 e. The molecule has 0 bridgehead atoms. The molecule has 2 rings (SSSR count). The van der Waals surface area contributed by atoms with E-state index in [4.69, 9.17) is 23.2 Å². The number of Topliss-reactive ketones (excluding diaryl/α,β-unsaturated/α-hetero) is 1. The van der Waals surface area contributed by atoms with Crippen molar-refractivity contribution in [3.05, 3.63) is 72.6 Å². The summed E-state index contributed by atoms with van der Waals surface area (Å²) in [5.41, 5.74) is -0.506. The minimum atomic E-state index is -0.639. The third-order valence-electron chi connectivity index (χ3n) is 2.73. The number of aromatic nitrogens is 1. The Morgan fingerprint density at radius 3 is 2.52 bits per heavy atom. The maximum absolute atomic E-state index is 12.1. The van der Waals surface area contributed by atoms with Crippen LogP contribution in [-0.4, -0.2) is 15.3 Å². The molecule has 0 aliphatic rings. The van der Waals surface area contributed by atoms with Gasteiger partial charge in [-0.25, -0.2) is 0 Å². The molecule has 0 atom stereocenters. The molecule has 0 aliphatic carbocycles. The molecule has 0 unspecified atom stereocenters. The molecule has 0 fully saturated rings. The summed E-state index contributed by atoms with van der Waals surface area (Å²) in [5, 5.41) is 11.2. The Hall–Kier alpha value is -2.18. The van der Waals surface area contributed by atoms with Crippen molar-refractivity contribution in [1.82, 2.24) is 4.57 Å². The molecule has 1 aromatic carbocycles. The van der Waals surface area contributed by atoms with E-state index in [-0.39, 0.29) is 22.8 Å². The number of pyridine rings is 1. The lowest BCUT2D eigenvalue weighted by Crippen LogP contribution is -2.23. The van der Waals surface area contributed by atoms with E-state index in [2.05, 4.69) is 0 Å². The molecule has 6 nitrogen and oxygen atoms in total. The first-order valence-electron chi connectivity index (χ1n) is 5.71. The molecule has 0 amide bonds. The van der Waals surface area contributed by atoms with Crippen LogP contribution in [0.4, 0.5) is 5.69 Å². The Morgan fingerprint density at radius 1 is 1.19 bits per heavy atom. The van der Waals surface area contributed by atoms with E-state index in [1.807, 2.05) is 0 Å². The quantitative estimate of drug-likeness (QED) is 0.491. The average Bonchev–Trinajstić information content (AvgIpc) is 2.43. The van der Waals surface area contributed by atoms with Crippen molar-refractivity contribution in [1.29, 1.82) is 0 Å². The second-order valence-corrected chi connectivity index (χ2v) is 4.98. The summed E-state index contributed by atoms with van der Waals surface area (Å²) >= 11 is 11.6. The predicted molar refractivity (Wildman–Crippen MR) is 78.1 cm³/mol. The van der Waals surface area contributed by atoms with Crippen molar-refractivity contribution >= 4 is 34.7 Å². The first-order valence-corrected chi connectivity index (χ1v) is 6.47. The fraction of sp³-hybridized carbons (Fsp3) is 0.0769. The Labute approximate surface area is 128 Å². The number of rotatable bonds is 4. The monoisotopic (exact) mass is 326 g/mol. The number of nitrogens with zero attached hydrogens (tertiary/aromatic N) is 2. The lowest BCUT2D eigenvalue weighted by atomic mass is 10.1. The van der Waals surface area contributed by atoms with Gasteiger partial charge >= 0.3 is 0 Å². The van der Waals surface area contributed by atoms with Crippen LogP contribution in [0, 0.1) is 10.1 Å². The van der Waals surface area contributed by atoms with Crippen LogP contribution in [0.1, 0.15) is 10.4 Å². The highest BCUT2D eigenvalue weighted by molar-refractivity contribution is 6.42. The molecular weight excluding hydrogens is 319 g/mol. The van der Waals surface area contributed by atoms with E-state index < -0.39 is 16.3 Å². The van der Waals surface area contributed by atoms with Crippen LogP contribution in [0.5, 0.6) is 0 Å². The highest BCUT2D eigenvalue weighted by Crippen LogP contribution is 2.23. The minimum absolute atomic E-state index is 0.217. The standard InChI is InChI=1S/C13H8Cl2N2O4/c14-10-3-1-8(5-11(10)15)12(18)7-16-6-9(17(20)21)2-4-13(16)19/h1-6H,7H2. The van der Waals surface area contributed by atoms with E-state index >= 15 is 0 Å². The van der Waals surface area contributed by atoms with Gasteiger partial charge in [0.15, 0.2) is 5.78 Å². The van der Waals surface area contributed by atoms with E-state index in [1.165, 1.54) is 18.2 Å². The summed E-state index contributed by atoms with van der Waals surface area (Å²) in [6.45, 7) is -0.321. The highest BCUT2D eigenvalue weighted by Gasteiger charge is 2.13. The highest BCUT2D eigenvalue weighted by atomic mass is 35.5. The van der Waals surface area contributed by atoms with Crippen LogP contribution >= 0.6 is 23.2 Å². The second-order valence-electron chi connectivity index (χ2n) is 4.16. The van der Waals surface area contributed by atoms with Crippen molar-refractivity contribution in [2.75, 3.05) is 0 Å². The summed E-state index contributed by atoms with van der Waals surface area (Å²) in [7, 11) is 0. The van der Waals surface area contributed by atoms with Crippen LogP contribution in [0.15, 0.2) is 41.3 Å². The number of nitro groups is 1. The van der Waals surface area contributed by atoms with Crippen molar-refractivity contribution in [2.45, 2.75) is 6.54 Å². The lowest BCUT2D eigenvalue weighted by molar-refractivity contribution is -0.385. The van der Waals surface area contributed by atoms with Gasteiger partial charge in [0.25, 0.3) is 11.2 Å². The molecule has 108 valence electrons. The Balaban J connectivity index is 2.31. The maximum Gasteiger partial charge on any atom is 0.285 e. The van der Waals surface area contributed by atoms with Gasteiger partial charge in [0.2, 0.25) is 0 Å². The van der Waals surface area contributed by atoms with Crippen LogP contribution in [-0.2, 0) is 6.54 Å². The molecule has 0 N–H and O–H groups in total. The molecule has 8 heteroatoms. The molecule has 1 aromatic heterocycles. The van der Waals surface area contributed by atoms with Crippen LogP contribution in [0.2, 0.25) is 10.0 Å². The van der Waals surface area contributed by atoms with Crippen molar-refractivity contribution < 1.29 is 9.72 Å². The molecule has 0 radical (unpaired) electrons. The fourth-order valence-electron chi connectivity index (χ4n) is 1.67. The third-order valence-corrected chi connectivity index (χ3v) is 3.47. The van der Waals surface area contributed by atoms with Gasteiger partial charge in [-0.2, -0.15) is 0 Å². The third kappa shape index (κ3) is 3.48.